The van der Waals surface area contributed by atoms with Crippen molar-refractivity contribution in [3.8, 4) is 0 Å². The monoisotopic (exact) mass is 468 g/mol. The topological polar surface area (TPSA) is 20.2 Å². The second-order valence-electron chi connectivity index (χ2n) is 12.8. The molecule has 3 saturated carbocycles. The van der Waals surface area contributed by atoms with E-state index in [1.165, 1.54) is 68.1 Å². The smallest absolute Gasteiger partial charge is 0.0709 e. The van der Waals surface area contributed by atoms with E-state index in [0.29, 0.717) is 23.7 Å². The van der Waals surface area contributed by atoms with Gasteiger partial charge in [-0.1, -0.05) is 84.4 Å². The first-order valence-corrected chi connectivity index (χ1v) is 14.4. The molecule has 2 spiro atoms. The summed E-state index contributed by atoms with van der Waals surface area (Å²) in [7, 11) is 0. The lowest BCUT2D eigenvalue weighted by Gasteiger charge is -2.60. The zero-order chi connectivity index (χ0) is 24.3. The predicted molar refractivity (Wildman–Crippen MR) is 146 cm³/mol. The summed E-state index contributed by atoms with van der Waals surface area (Å²) in [6, 6.07) is 10.9. The minimum Gasteiger partial charge on any atom is -0.389 e. The quantitative estimate of drug-likeness (QED) is 0.430. The van der Waals surface area contributed by atoms with Crippen molar-refractivity contribution in [2.45, 2.75) is 90.1 Å². The molecule has 1 nitrogen and oxygen atoms in total. The lowest BCUT2D eigenvalue weighted by Crippen LogP contribution is -2.53. The van der Waals surface area contributed by atoms with Crippen LogP contribution in [0.5, 0.6) is 0 Å². The molecule has 1 aromatic carbocycles. The minimum atomic E-state index is -0.509. The third-order valence-electron chi connectivity index (χ3n) is 11.5. The van der Waals surface area contributed by atoms with Gasteiger partial charge in [0.1, 0.15) is 0 Å². The van der Waals surface area contributed by atoms with Crippen LogP contribution in [0, 0.1) is 34.5 Å². The molecule has 0 saturated heterocycles. The van der Waals surface area contributed by atoms with Gasteiger partial charge in [0.2, 0.25) is 0 Å². The van der Waals surface area contributed by atoms with E-state index in [-0.39, 0.29) is 10.8 Å². The molecule has 0 radical (unpaired) electrons. The number of aryl methyl sites for hydroxylation is 1. The molecule has 1 heteroatoms. The Hall–Kier alpha value is -1.86. The molecule has 0 aliphatic heterocycles. The van der Waals surface area contributed by atoms with E-state index in [4.69, 9.17) is 0 Å². The number of aliphatic hydroxyl groups is 1. The van der Waals surface area contributed by atoms with Crippen molar-refractivity contribution in [1.29, 1.82) is 0 Å². The Morgan fingerprint density at radius 2 is 1.91 bits per heavy atom. The molecular weight excluding hydrogens is 424 g/mol. The Morgan fingerprint density at radius 1 is 1.09 bits per heavy atom. The van der Waals surface area contributed by atoms with Gasteiger partial charge in [-0.25, -0.2) is 0 Å². The van der Waals surface area contributed by atoms with Gasteiger partial charge in [-0.05, 0) is 107 Å². The van der Waals surface area contributed by atoms with Gasteiger partial charge in [0, 0.05) is 10.8 Å². The fourth-order valence-electron chi connectivity index (χ4n) is 9.63. The van der Waals surface area contributed by atoms with Crippen LogP contribution in [0.4, 0.5) is 0 Å². The highest BCUT2D eigenvalue weighted by Gasteiger charge is 2.66. The summed E-state index contributed by atoms with van der Waals surface area (Å²) in [5.41, 5.74) is 5.97. The fraction of sp³-hybridized carbons (Fsp3) is 0.588. The maximum absolute atomic E-state index is 12.4. The maximum atomic E-state index is 12.4. The first kappa shape index (κ1) is 23.5. The molecule has 0 heterocycles. The highest BCUT2D eigenvalue weighted by atomic mass is 16.3. The SMILES string of the molecule is C=C(C)[C@@H]1CC[C@@]23CC=C[C@@H]4[C@H]([C@]5(O)CCC[C@@H]5CCc5ccccc5)CC[C@@]42C=CC(C)=C3C1. The molecule has 0 unspecified atom stereocenters. The Balaban J connectivity index is 1.31. The molecule has 186 valence electrons. The first-order chi connectivity index (χ1) is 16.9. The number of rotatable bonds is 5. The second-order valence-corrected chi connectivity index (χ2v) is 12.8. The molecule has 5 aliphatic carbocycles. The molecule has 35 heavy (non-hydrogen) atoms. The Labute approximate surface area is 213 Å². The van der Waals surface area contributed by atoms with Gasteiger partial charge in [-0.2, -0.15) is 0 Å². The number of hydrogen-bond donors (Lipinski definition) is 1. The Morgan fingerprint density at radius 3 is 2.71 bits per heavy atom. The molecule has 7 atom stereocenters. The molecular formula is C34H44O. The van der Waals surface area contributed by atoms with Crippen LogP contribution < -0.4 is 0 Å². The van der Waals surface area contributed by atoms with Crippen LogP contribution in [0.1, 0.15) is 83.6 Å². The standard InChI is InChI=1S/C34H44O/c1-24(2)27-16-21-32-18-8-12-29-30(17-22-33(29,32)20-15-25(3)31(32)23-27)34(35)19-7-11-28(34)14-13-26-9-5-4-6-10-26/h4-6,8-10,12,15,20,27-30,35H,1,7,11,13-14,16-19,21-23H2,2-3H3/t27-,28-,29-,30-,32-,33+,34+/m1/s1. The average Bonchev–Trinajstić information content (AvgIpc) is 3.44. The van der Waals surface area contributed by atoms with Gasteiger partial charge in [0.15, 0.2) is 0 Å². The van der Waals surface area contributed by atoms with Gasteiger partial charge in [0.05, 0.1) is 5.60 Å². The van der Waals surface area contributed by atoms with Crippen LogP contribution in [0.25, 0.3) is 0 Å². The van der Waals surface area contributed by atoms with Gasteiger partial charge >= 0.3 is 0 Å². The van der Waals surface area contributed by atoms with Crippen LogP contribution in [0.2, 0.25) is 0 Å². The summed E-state index contributed by atoms with van der Waals surface area (Å²) in [5.74, 6) is 1.93. The highest BCUT2D eigenvalue weighted by molar-refractivity contribution is 5.45. The molecule has 0 aromatic heterocycles. The summed E-state index contributed by atoms with van der Waals surface area (Å²) >= 11 is 0. The molecule has 1 N–H and O–H groups in total. The molecule has 0 bridgehead atoms. The molecule has 0 amide bonds. The van der Waals surface area contributed by atoms with Gasteiger partial charge < -0.3 is 5.11 Å². The average molecular weight is 469 g/mol. The van der Waals surface area contributed by atoms with Crippen molar-refractivity contribution >= 4 is 0 Å². The summed E-state index contributed by atoms with van der Waals surface area (Å²) in [5, 5.41) is 12.4. The van der Waals surface area contributed by atoms with E-state index in [0.717, 1.165) is 19.3 Å². The number of hydrogen-bond acceptors (Lipinski definition) is 1. The van der Waals surface area contributed by atoms with Crippen molar-refractivity contribution in [1.82, 2.24) is 0 Å². The van der Waals surface area contributed by atoms with Crippen LogP contribution >= 0.6 is 0 Å². The zero-order valence-corrected chi connectivity index (χ0v) is 21.9. The third kappa shape index (κ3) is 3.44. The van der Waals surface area contributed by atoms with Crippen molar-refractivity contribution in [2.24, 2.45) is 34.5 Å². The van der Waals surface area contributed by atoms with Crippen molar-refractivity contribution in [2.75, 3.05) is 0 Å². The maximum Gasteiger partial charge on any atom is 0.0709 e. The summed E-state index contributed by atoms with van der Waals surface area (Å²) < 4.78 is 0. The van der Waals surface area contributed by atoms with E-state index in [1.807, 2.05) is 0 Å². The number of allylic oxidation sites excluding steroid dienone is 7. The largest absolute Gasteiger partial charge is 0.389 e. The van der Waals surface area contributed by atoms with Crippen LogP contribution in [-0.4, -0.2) is 10.7 Å². The van der Waals surface area contributed by atoms with Crippen molar-refractivity contribution in [3.63, 3.8) is 0 Å². The lowest BCUT2D eigenvalue weighted by atomic mass is 9.44. The summed E-state index contributed by atoms with van der Waals surface area (Å²) in [6.45, 7) is 8.92. The van der Waals surface area contributed by atoms with E-state index in [9.17, 15) is 5.11 Å². The Bertz CT molecular complexity index is 1080. The molecule has 3 fully saturated rings. The zero-order valence-electron chi connectivity index (χ0n) is 21.9. The van der Waals surface area contributed by atoms with Gasteiger partial charge in [0.25, 0.3) is 0 Å². The Kier molecular flexibility index (Phi) is 5.79. The third-order valence-corrected chi connectivity index (χ3v) is 11.5. The van der Waals surface area contributed by atoms with Crippen LogP contribution in [-0.2, 0) is 6.42 Å². The summed E-state index contributed by atoms with van der Waals surface area (Å²) in [6.07, 6.45) is 23.1. The first-order valence-electron chi connectivity index (χ1n) is 14.4. The van der Waals surface area contributed by atoms with Crippen LogP contribution in [0.15, 0.2) is 77.9 Å². The number of benzene rings is 1. The normalized spacial score (nSPS) is 42.0. The highest BCUT2D eigenvalue weighted by Crippen LogP contribution is 2.72. The van der Waals surface area contributed by atoms with E-state index in [2.05, 4.69) is 75.1 Å². The van der Waals surface area contributed by atoms with Crippen LogP contribution in [0.3, 0.4) is 0 Å². The fourth-order valence-corrected chi connectivity index (χ4v) is 9.63. The van der Waals surface area contributed by atoms with Gasteiger partial charge in [-0.15, -0.1) is 0 Å². The van der Waals surface area contributed by atoms with E-state index < -0.39 is 5.60 Å². The van der Waals surface area contributed by atoms with Crippen molar-refractivity contribution < 1.29 is 5.11 Å². The predicted octanol–water partition coefficient (Wildman–Crippen LogP) is 8.37. The van der Waals surface area contributed by atoms with Gasteiger partial charge in [-0.3, -0.25) is 0 Å². The minimum absolute atomic E-state index is 0.198. The summed E-state index contributed by atoms with van der Waals surface area (Å²) in [4.78, 5) is 0. The molecule has 1 aromatic rings. The molecule has 5 aliphatic rings. The van der Waals surface area contributed by atoms with E-state index >= 15 is 0 Å². The lowest BCUT2D eigenvalue weighted by molar-refractivity contribution is -0.0775. The second kappa shape index (κ2) is 8.62. The van der Waals surface area contributed by atoms with Crippen molar-refractivity contribution in [3.05, 3.63) is 83.5 Å². The van der Waals surface area contributed by atoms with E-state index in [1.54, 1.807) is 5.57 Å². The molecule has 6 rings (SSSR count).